The molecule has 6 heteroatoms. The lowest BCUT2D eigenvalue weighted by molar-refractivity contribution is -0.136. The Bertz CT molecular complexity index is 509. The van der Waals surface area contributed by atoms with Gasteiger partial charge in [-0.15, -0.1) is 0 Å². The zero-order valence-corrected chi connectivity index (χ0v) is 13.0. The van der Waals surface area contributed by atoms with E-state index in [4.69, 9.17) is 15.7 Å². The van der Waals surface area contributed by atoms with Crippen LogP contribution in [0.4, 0.5) is 0 Å². The van der Waals surface area contributed by atoms with Gasteiger partial charge in [-0.25, -0.2) is 0 Å². The van der Waals surface area contributed by atoms with Crippen LogP contribution in [0.25, 0.3) is 0 Å². The van der Waals surface area contributed by atoms with Crippen LogP contribution >= 0.6 is 0 Å². The first kappa shape index (κ1) is 16.8. The predicted octanol–water partition coefficient (Wildman–Crippen LogP) is 1.81. The lowest BCUT2D eigenvalue weighted by Gasteiger charge is -2.34. The predicted molar refractivity (Wildman–Crippen MR) is 81.6 cm³/mol. The Kier molecular flexibility index (Phi) is 5.58. The molecule has 21 heavy (non-hydrogen) atoms. The Balaban J connectivity index is 2.62. The fraction of sp³-hybridized carbons (Fsp3) is 0.467. The summed E-state index contributed by atoms with van der Waals surface area (Å²) in [7, 11) is 1.77. The van der Waals surface area contributed by atoms with Crippen molar-refractivity contribution < 1.29 is 14.7 Å². The summed E-state index contributed by atoms with van der Waals surface area (Å²) >= 11 is 0. The van der Waals surface area contributed by atoms with E-state index in [1.165, 1.54) is 0 Å². The van der Waals surface area contributed by atoms with Crippen molar-refractivity contribution in [2.75, 3.05) is 13.7 Å². The van der Waals surface area contributed by atoms with Crippen LogP contribution in [0.15, 0.2) is 29.4 Å². The highest BCUT2D eigenvalue weighted by molar-refractivity contribution is 5.97. The molecule has 3 N–H and O–H groups in total. The summed E-state index contributed by atoms with van der Waals surface area (Å²) in [6.07, 6.45) is 0.865. The van der Waals surface area contributed by atoms with E-state index in [-0.39, 0.29) is 23.9 Å². The Hall–Kier alpha value is -2.24. The topological polar surface area (TPSA) is 88.2 Å². The van der Waals surface area contributed by atoms with Gasteiger partial charge in [0.1, 0.15) is 5.75 Å². The van der Waals surface area contributed by atoms with Crippen LogP contribution in [0, 0.1) is 0 Å². The lowest BCUT2D eigenvalue weighted by atomic mass is 10.00. The molecule has 0 atom stereocenters. The molecular formula is C15H23N3O3. The molecule has 0 fully saturated rings. The third kappa shape index (κ3) is 4.37. The van der Waals surface area contributed by atoms with Crippen LogP contribution in [-0.2, 0) is 4.79 Å². The number of nitrogens with zero attached hydrogens (tertiary/aromatic N) is 2. The second-order valence-electron chi connectivity index (χ2n) is 5.42. The van der Waals surface area contributed by atoms with Gasteiger partial charge in [0.25, 0.3) is 5.91 Å². The molecule has 0 bridgehead atoms. The molecule has 0 unspecified atom stereocenters. The van der Waals surface area contributed by atoms with E-state index in [2.05, 4.69) is 5.16 Å². The van der Waals surface area contributed by atoms with Gasteiger partial charge < -0.3 is 20.6 Å². The van der Waals surface area contributed by atoms with E-state index >= 15 is 0 Å². The molecule has 1 rings (SSSR count). The highest BCUT2D eigenvalue weighted by Gasteiger charge is 2.25. The average Bonchev–Trinajstić information content (AvgIpc) is 2.51. The van der Waals surface area contributed by atoms with Gasteiger partial charge in [0.05, 0.1) is 0 Å². The van der Waals surface area contributed by atoms with Crippen LogP contribution in [0.1, 0.15) is 32.8 Å². The summed E-state index contributed by atoms with van der Waals surface area (Å²) in [5.74, 6) is 0.505. The van der Waals surface area contributed by atoms with Gasteiger partial charge in [-0.05, 0) is 44.5 Å². The average molecular weight is 293 g/mol. The number of oxime groups is 1. The van der Waals surface area contributed by atoms with E-state index in [1.807, 2.05) is 20.8 Å². The zero-order valence-electron chi connectivity index (χ0n) is 13.0. The molecular weight excluding hydrogens is 270 g/mol. The number of amidine groups is 1. The van der Waals surface area contributed by atoms with Crippen LogP contribution in [-0.4, -0.2) is 41.0 Å². The summed E-state index contributed by atoms with van der Waals surface area (Å²) in [5.41, 5.74) is 5.85. The van der Waals surface area contributed by atoms with E-state index in [9.17, 15) is 4.79 Å². The van der Waals surface area contributed by atoms with Crippen molar-refractivity contribution in [3.63, 3.8) is 0 Å². The largest absolute Gasteiger partial charge is 0.484 e. The monoisotopic (exact) mass is 293 g/mol. The minimum absolute atomic E-state index is 0.0250. The molecule has 0 aliphatic heterocycles. The van der Waals surface area contributed by atoms with Crippen molar-refractivity contribution in [2.24, 2.45) is 10.9 Å². The molecule has 6 nitrogen and oxygen atoms in total. The fourth-order valence-electron chi connectivity index (χ4n) is 1.60. The van der Waals surface area contributed by atoms with Gasteiger partial charge >= 0.3 is 0 Å². The minimum Gasteiger partial charge on any atom is -0.484 e. The zero-order chi connectivity index (χ0) is 16.0. The van der Waals surface area contributed by atoms with Crippen LogP contribution in [0.3, 0.4) is 0 Å². The maximum atomic E-state index is 12.1. The van der Waals surface area contributed by atoms with Gasteiger partial charge in [0.15, 0.2) is 12.4 Å². The first-order valence-corrected chi connectivity index (χ1v) is 6.79. The number of rotatable bonds is 6. The van der Waals surface area contributed by atoms with E-state index < -0.39 is 0 Å². The Labute approximate surface area is 125 Å². The molecule has 0 radical (unpaired) electrons. The van der Waals surface area contributed by atoms with Crippen LogP contribution < -0.4 is 10.5 Å². The number of ether oxygens (including phenoxy) is 1. The van der Waals surface area contributed by atoms with E-state index in [0.29, 0.717) is 11.3 Å². The number of hydrogen-bond acceptors (Lipinski definition) is 4. The highest BCUT2D eigenvalue weighted by atomic mass is 16.5. The van der Waals surface area contributed by atoms with Crippen molar-refractivity contribution in [3.8, 4) is 5.75 Å². The second kappa shape index (κ2) is 6.97. The number of carbonyl (C=O) groups is 1. The van der Waals surface area contributed by atoms with Gasteiger partial charge in [0.2, 0.25) is 0 Å². The van der Waals surface area contributed by atoms with Gasteiger partial charge in [0, 0.05) is 18.2 Å². The number of amides is 1. The fourth-order valence-corrected chi connectivity index (χ4v) is 1.60. The SMILES string of the molecule is CCC(C)(C)N(C)C(=O)COc1ccc(C(N)=NO)cc1. The Morgan fingerprint density at radius 1 is 1.38 bits per heavy atom. The first-order valence-electron chi connectivity index (χ1n) is 6.79. The number of likely N-dealkylation sites (N-methyl/N-ethyl adjacent to an activating group) is 1. The highest BCUT2D eigenvalue weighted by Crippen LogP contribution is 2.17. The molecule has 1 aromatic carbocycles. The molecule has 1 amide bonds. The molecule has 0 aliphatic rings. The number of nitrogens with two attached hydrogens (primary N) is 1. The molecule has 0 spiro atoms. The summed E-state index contributed by atoms with van der Waals surface area (Å²) in [6, 6.07) is 6.67. The maximum absolute atomic E-state index is 12.1. The number of benzene rings is 1. The molecule has 116 valence electrons. The lowest BCUT2D eigenvalue weighted by Crippen LogP contribution is -2.46. The Morgan fingerprint density at radius 3 is 2.43 bits per heavy atom. The molecule has 0 heterocycles. The standard InChI is InChI=1S/C15H23N3O3/c1-5-15(2,3)18(4)13(19)10-21-12-8-6-11(7-9-12)14(16)17-20/h6-9,20H,5,10H2,1-4H3,(H2,16,17). The van der Waals surface area contributed by atoms with Crippen molar-refractivity contribution in [1.29, 1.82) is 0 Å². The third-order valence-corrected chi connectivity index (χ3v) is 3.77. The number of carbonyl (C=O) groups excluding carboxylic acids is 1. The molecule has 0 aromatic heterocycles. The molecule has 0 saturated heterocycles. The molecule has 1 aromatic rings. The summed E-state index contributed by atoms with van der Waals surface area (Å²) in [5, 5.41) is 11.5. The summed E-state index contributed by atoms with van der Waals surface area (Å²) in [4.78, 5) is 13.8. The molecule has 0 aliphatic carbocycles. The summed E-state index contributed by atoms with van der Waals surface area (Å²) in [6.45, 7) is 6.03. The van der Waals surface area contributed by atoms with Crippen LogP contribution in [0.5, 0.6) is 5.75 Å². The van der Waals surface area contributed by atoms with E-state index in [0.717, 1.165) is 6.42 Å². The van der Waals surface area contributed by atoms with Crippen molar-refractivity contribution in [2.45, 2.75) is 32.7 Å². The van der Waals surface area contributed by atoms with Gasteiger partial charge in [-0.2, -0.15) is 0 Å². The van der Waals surface area contributed by atoms with Gasteiger partial charge in [-0.3, -0.25) is 4.79 Å². The van der Waals surface area contributed by atoms with Crippen molar-refractivity contribution in [1.82, 2.24) is 4.90 Å². The summed E-state index contributed by atoms with van der Waals surface area (Å²) < 4.78 is 5.46. The minimum atomic E-state index is -0.198. The second-order valence-corrected chi connectivity index (χ2v) is 5.42. The van der Waals surface area contributed by atoms with Crippen LogP contribution in [0.2, 0.25) is 0 Å². The van der Waals surface area contributed by atoms with E-state index in [1.54, 1.807) is 36.2 Å². The number of hydrogen-bond donors (Lipinski definition) is 2. The smallest absolute Gasteiger partial charge is 0.260 e. The normalized spacial score (nSPS) is 12.1. The Morgan fingerprint density at radius 2 is 1.95 bits per heavy atom. The first-order chi connectivity index (χ1) is 9.81. The van der Waals surface area contributed by atoms with Gasteiger partial charge in [-0.1, -0.05) is 12.1 Å². The quantitative estimate of drug-likeness (QED) is 0.362. The maximum Gasteiger partial charge on any atom is 0.260 e. The third-order valence-electron chi connectivity index (χ3n) is 3.77. The van der Waals surface area contributed by atoms with Crippen molar-refractivity contribution >= 4 is 11.7 Å². The molecule has 0 saturated carbocycles. The van der Waals surface area contributed by atoms with Crippen molar-refractivity contribution in [3.05, 3.63) is 29.8 Å².